The van der Waals surface area contributed by atoms with Gasteiger partial charge in [-0.2, -0.15) is 0 Å². The second kappa shape index (κ2) is 13.1. The SMILES string of the molecule is CCCCCC1CC=C(c2ccc(C(=O)OC3CCC(CCCCC)CC3)cc2)CC1. The molecule has 0 saturated heterocycles. The molecule has 0 amide bonds. The third-order valence-electron chi connectivity index (χ3n) is 7.51. The van der Waals surface area contributed by atoms with Crippen molar-refractivity contribution in [1.29, 1.82) is 0 Å². The van der Waals surface area contributed by atoms with Crippen LogP contribution in [0.3, 0.4) is 0 Å². The van der Waals surface area contributed by atoms with Crippen molar-refractivity contribution < 1.29 is 9.53 Å². The number of benzene rings is 1. The number of esters is 1. The lowest BCUT2D eigenvalue weighted by Crippen LogP contribution is -2.24. The average Bonchev–Trinajstić information content (AvgIpc) is 2.81. The number of unbranched alkanes of at least 4 members (excludes halogenated alkanes) is 4. The molecule has 1 atom stereocenters. The van der Waals surface area contributed by atoms with E-state index >= 15 is 0 Å². The summed E-state index contributed by atoms with van der Waals surface area (Å²) in [5, 5.41) is 0. The molecule has 2 heteroatoms. The average molecular weight is 425 g/mol. The highest BCUT2D eigenvalue weighted by molar-refractivity contribution is 5.90. The number of allylic oxidation sites excluding steroid dienone is 2. The fourth-order valence-electron chi connectivity index (χ4n) is 5.36. The van der Waals surface area contributed by atoms with Crippen LogP contribution >= 0.6 is 0 Å². The topological polar surface area (TPSA) is 26.3 Å². The summed E-state index contributed by atoms with van der Waals surface area (Å²) in [6, 6.07) is 8.15. The lowest BCUT2D eigenvalue weighted by Gasteiger charge is -2.28. The van der Waals surface area contributed by atoms with Crippen LogP contribution in [-0.2, 0) is 4.74 Å². The molecular weight excluding hydrogens is 380 g/mol. The van der Waals surface area contributed by atoms with E-state index in [-0.39, 0.29) is 12.1 Å². The predicted octanol–water partition coefficient (Wildman–Crippen LogP) is 8.75. The minimum atomic E-state index is -0.144. The molecule has 0 aromatic heterocycles. The first-order valence-electron chi connectivity index (χ1n) is 13.2. The Hall–Kier alpha value is -1.57. The van der Waals surface area contributed by atoms with Gasteiger partial charge in [-0.15, -0.1) is 0 Å². The molecule has 31 heavy (non-hydrogen) atoms. The molecule has 1 aromatic rings. The zero-order valence-corrected chi connectivity index (χ0v) is 20.0. The number of hydrogen-bond donors (Lipinski definition) is 0. The molecule has 1 fully saturated rings. The van der Waals surface area contributed by atoms with Gasteiger partial charge >= 0.3 is 5.97 Å². The minimum Gasteiger partial charge on any atom is -0.459 e. The molecule has 172 valence electrons. The van der Waals surface area contributed by atoms with Gasteiger partial charge in [0.15, 0.2) is 0 Å². The first kappa shape index (κ1) is 24.1. The van der Waals surface area contributed by atoms with Crippen LogP contribution in [0.5, 0.6) is 0 Å². The summed E-state index contributed by atoms with van der Waals surface area (Å²) in [5.74, 6) is 1.57. The molecule has 2 aliphatic carbocycles. The van der Waals surface area contributed by atoms with Crippen molar-refractivity contribution in [2.24, 2.45) is 11.8 Å². The molecule has 3 rings (SSSR count). The predicted molar refractivity (Wildman–Crippen MR) is 131 cm³/mol. The molecule has 0 aliphatic heterocycles. The Morgan fingerprint density at radius 2 is 1.48 bits per heavy atom. The summed E-state index contributed by atoms with van der Waals surface area (Å²) in [5.41, 5.74) is 3.42. The Morgan fingerprint density at radius 3 is 2.06 bits per heavy atom. The van der Waals surface area contributed by atoms with E-state index in [1.165, 1.54) is 94.6 Å². The normalized spacial score (nSPS) is 23.9. The molecule has 2 aliphatic rings. The van der Waals surface area contributed by atoms with Gasteiger partial charge in [0.2, 0.25) is 0 Å². The van der Waals surface area contributed by atoms with Crippen LogP contribution < -0.4 is 0 Å². The molecule has 1 aromatic carbocycles. The quantitative estimate of drug-likeness (QED) is 0.262. The van der Waals surface area contributed by atoms with Crippen molar-refractivity contribution in [3.8, 4) is 0 Å². The van der Waals surface area contributed by atoms with Gasteiger partial charge in [-0.05, 0) is 80.1 Å². The second-order valence-corrected chi connectivity index (χ2v) is 9.99. The van der Waals surface area contributed by atoms with Crippen molar-refractivity contribution in [1.82, 2.24) is 0 Å². The fourth-order valence-corrected chi connectivity index (χ4v) is 5.36. The van der Waals surface area contributed by atoms with Crippen molar-refractivity contribution in [3.05, 3.63) is 41.5 Å². The highest BCUT2D eigenvalue weighted by atomic mass is 16.5. The van der Waals surface area contributed by atoms with E-state index < -0.39 is 0 Å². The summed E-state index contributed by atoms with van der Waals surface area (Å²) >= 11 is 0. The smallest absolute Gasteiger partial charge is 0.338 e. The van der Waals surface area contributed by atoms with Crippen molar-refractivity contribution in [2.75, 3.05) is 0 Å². The molecule has 0 spiro atoms. The van der Waals surface area contributed by atoms with Gasteiger partial charge in [-0.1, -0.05) is 83.4 Å². The van der Waals surface area contributed by atoms with Crippen molar-refractivity contribution in [3.63, 3.8) is 0 Å². The van der Waals surface area contributed by atoms with Gasteiger partial charge in [0.1, 0.15) is 6.10 Å². The molecule has 0 N–H and O–H groups in total. The summed E-state index contributed by atoms with van der Waals surface area (Å²) in [7, 11) is 0. The summed E-state index contributed by atoms with van der Waals surface area (Å²) in [6.45, 7) is 4.54. The fraction of sp³-hybridized carbons (Fsp3) is 0.690. The van der Waals surface area contributed by atoms with E-state index in [4.69, 9.17) is 4.74 Å². The summed E-state index contributed by atoms with van der Waals surface area (Å²) < 4.78 is 5.84. The lowest BCUT2D eigenvalue weighted by atomic mass is 9.83. The van der Waals surface area contributed by atoms with Crippen LogP contribution in [0.4, 0.5) is 0 Å². The summed E-state index contributed by atoms with van der Waals surface area (Å²) in [4.78, 5) is 12.6. The van der Waals surface area contributed by atoms with Crippen molar-refractivity contribution in [2.45, 2.75) is 116 Å². The van der Waals surface area contributed by atoms with Crippen LogP contribution in [0, 0.1) is 11.8 Å². The van der Waals surface area contributed by atoms with Gasteiger partial charge in [0.05, 0.1) is 5.56 Å². The maximum atomic E-state index is 12.6. The molecule has 2 nitrogen and oxygen atoms in total. The number of rotatable bonds is 11. The third kappa shape index (κ3) is 7.81. The van der Waals surface area contributed by atoms with Gasteiger partial charge in [0.25, 0.3) is 0 Å². The highest BCUT2D eigenvalue weighted by Crippen LogP contribution is 2.33. The zero-order valence-electron chi connectivity index (χ0n) is 20.0. The van der Waals surface area contributed by atoms with E-state index in [9.17, 15) is 4.79 Å². The molecule has 0 radical (unpaired) electrons. The highest BCUT2D eigenvalue weighted by Gasteiger charge is 2.24. The van der Waals surface area contributed by atoms with Gasteiger partial charge in [-0.25, -0.2) is 4.79 Å². The van der Waals surface area contributed by atoms with Crippen LogP contribution in [-0.4, -0.2) is 12.1 Å². The van der Waals surface area contributed by atoms with Crippen LogP contribution in [0.2, 0.25) is 0 Å². The zero-order chi connectivity index (χ0) is 21.9. The number of carbonyl (C=O) groups excluding carboxylic acids is 1. The first-order valence-corrected chi connectivity index (χ1v) is 13.2. The standard InChI is InChI=1S/C29H44O2/c1-3-5-7-9-23-11-15-25(16-12-23)26-17-19-27(20-18-26)29(30)31-28-21-13-24(14-22-28)10-8-6-4-2/h15,17-20,23-24,28H,3-14,16,21-22H2,1-2H3. The number of ether oxygens (including phenoxy) is 1. The monoisotopic (exact) mass is 424 g/mol. The summed E-state index contributed by atoms with van der Waals surface area (Å²) in [6.07, 6.45) is 21.5. The Labute approximate surface area is 190 Å². The Balaban J connectivity index is 1.42. The Morgan fingerprint density at radius 1 is 0.839 bits per heavy atom. The van der Waals surface area contributed by atoms with Crippen LogP contribution in [0.25, 0.3) is 5.57 Å². The minimum absolute atomic E-state index is 0.111. The first-order chi connectivity index (χ1) is 15.2. The number of hydrogen-bond acceptors (Lipinski definition) is 2. The molecule has 0 bridgehead atoms. The third-order valence-corrected chi connectivity index (χ3v) is 7.51. The molecule has 1 saturated carbocycles. The van der Waals surface area contributed by atoms with Crippen LogP contribution in [0.15, 0.2) is 30.3 Å². The van der Waals surface area contributed by atoms with E-state index in [0.717, 1.165) is 24.7 Å². The molecular formula is C29H44O2. The lowest BCUT2D eigenvalue weighted by molar-refractivity contribution is 0.0161. The Kier molecular flexibility index (Phi) is 10.2. The Bertz CT molecular complexity index is 679. The van der Waals surface area contributed by atoms with E-state index in [0.29, 0.717) is 5.56 Å². The van der Waals surface area contributed by atoms with Gasteiger partial charge in [-0.3, -0.25) is 0 Å². The maximum Gasteiger partial charge on any atom is 0.338 e. The largest absolute Gasteiger partial charge is 0.459 e. The molecule has 1 unspecified atom stereocenters. The van der Waals surface area contributed by atoms with E-state index in [2.05, 4.69) is 32.1 Å². The van der Waals surface area contributed by atoms with Gasteiger partial charge < -0.3 is 4.74 Å². The second-order valence-electron chi connectivity index (χ2n) is 9.99. The van der Waals surface area contributed by atoms with Gasteiger partial charge in [0, 0.05) is 0 Å². The number of carbonyl (C=O) groups is 1. The van der Waals surface area contributed by atoms with Crippen LogP contribution in [0.1, 0.15) is 126 Å². The van der Waals surface area contributed by atoms with Crippen molar-refractivity contribution >= 4 is 11.5 Å². The van der Waals surface area contributed by atoms with E-state index in [1.807, 2.05) is 12.1 Å². The molecule has 0 heterocycles. The maximum absolute atomic E-state index is 12.6. The van der Waals surface area contributed by atoms with E-state index in [1.54, 1.807) is 0 Å².